The largest absolute Gasteiger partial charge is 0.352 e. The molecule has 0 unspecified atom stereocenters. The molecular formula is C15H13F2NOS. The van der Waals surface area contributed by atoms with Gasteiger partial charge in [-0.05, 0) is 42.3 Å². The van der Waals surface area contributed by atoms with Gasteiger partial charge < -0.3 is 5.32 Å². The molecule has 20 heavy (non-hydrogen) atoms. The molecule has 0 fully saturated rings. The van der Waals surface area contributed by atoms with Crippen molar-refractivity contribution in [3.63, 3.8) is 0 Å². The zero-order valence-electron chi connectivity index (χ0n) is 10.6. The van der Waals surface area contributed by atoms with Crippen LogP contribution in [0.4, 0.5) is 8.28 Å². The van der Waals surface area contributed by atoms with Gasteiger partial charge in [0.2, 0.25) is 0 Å². The molecule has 0 spiro atoms. The Labute approximate surface area is 120 Å². The van der Waals surface area contributed by atoms with Crippen LogP contribution in [0.15, 0.2) is 53.4 Å². The topological polar surface area (TPSA) is 29.1 Å². The molecule has 0 aromatic heterocycles. The van der Waals surface area contributed by atoms with Gasteiger partial charge in [-0.3, -0.25) is 4.79 Å². The Morgan fingerprint density at radius 2 is 1.95 bits per heavy atom. The highest BCUT2D eigenvalue weighted by atomic mass is 32.2. The predicted octanol–water partition coefficient (Wildman–Crippen LogP) is 3.77. The second-order valence-corrected chi connectivity index (χ2v) is 4.87. The van der Waals surface area contributed by atoms with Gasteiger partial charge in [0.15, 0.2) is 0 Å². The van der Waals surface area contributed by atoms with Gasteiger partial charge >= 0.3 is 0 Å². The van der Waals surface area contributed by atoms with Crippen molar-refractivity contribution in [2.75, 3.05) is 6.54 Å². The number of carbonyl (C=O) groups excluding carboxylic acids is 1. The summed E-state index contributed by atoms with van der Waals surface area (Å²) in [4.78, 5) is 12.2. The molecule has 5 heteroatoms. The summed E-state index contributed by atoms with van der Waals surface area (Å²) in [5.41, 5.74) is 1.23. The number of halogens is 2. The molecule has 0 atom stereocenters. The number of rotatable bonds is 5. The van der Waals surface area contributed by atoms with Crippen LogP contribution in [0, 0.1) is 5.82 Å². The monoisotopic (exact) mass is 293 g/mol. The lowest BCUT2D eigenvalue weighted by Gasteiger charge is -2.06. The first-order valence-electron chi connectivity index (χ1n) is 6.10. The third-order valence-corrected chi connectivity index (χ3v) is 3.21. The molecular weight excluding hydrogens is 280 g/mol. The van der Waals surface area contributed by atoms with Gasteiger partial charge in [-0.15, -0.1) is 0 Å². The van der Waals surface area contributed by atoms with Gasteiger partial charge in [-0.2, -0.15) is 3.89 Å². The Hall–Kier alpha value is -1.88. The maximum atomic E-state index is 13.0. The van der Waals surface area contributed by atoms with E-state index in [1.54, 1.807) is 30.3 Å². The number of benzene rings is 2. The summed E-state index contributed by atoms with van der Waals surface area (Å²) >= 11 is 0.101. The van der Waals surface area contributed by atoms with E-state index in [4.69, 9.17) is 0 Å². The minimum Gasteiger partial charge on any atom is -0.352 e. The van der Waals surface area contributed by atoms with E-state index in [1.807, 2.05) is 0 Å². The van der Waals surface area contributed by atoms with Crippen molar-refractivity contribution in [2.45, 2.75) is 11.3 Å². The standard InChI is InChI=1S/C15H13F2NOS/c16-13-5-1-3-11(9-13)7-8-18-15(19)12-4-2-6-14(10-12)20-17/h1-6,9-10H,7-8H2,(H,18,19). The van der Waals surface area contributed by atoms with Crippen molar-refractivity contribution in [3.8, 4) is 0 Å². The highest BCUT2D eigenvalue weighted by Gasteiger charge is 2.06. The van der Waals surface area contributed by atoms with Crippen LogP contribution in [0.2, 0.25) is 0 Å². The van der Waals surface area contributed by atoms with Gasteiger partial charge in [-0.1, -0.05) is 18.2 Å². The van der Waals surface area contributed by atoms with E-state index >= 15 is 0 Å². The average molecular weight is 293 g/mol. The van der Waals surface area contributed by atoms with Crippen LogP contribution in [0.1, 0.15) is 15.9 Å². The summed E-state index contributed by atoms with van der Waals surface area (Å²) in [6.45, 7) is 0.398. The van der Waals surface area contributed by atoms with Crippen LogP contribution in [0.5, 0.6) is 0 Å². The number of carbonyl (C=O) groups is 1. The van der Waals surface area contributed by atoms with Gasteiger partial charge in [0.1, 0.15) is 5.82 Å². The highest BCUT2D eigenvalue weighted by Crippen LogP contribution is 2.19. The van der Waals surface area contributed by atoms with Crippen molar-refractivity contribution in [2.24, 2.45) is 0 Å². The Balaban J connectivity index is 1.89. The zero-order valence-corrected chi connectivity index (χ0v) is 11.4. The van der Waals surface area contributed by atoms with E-state index < -0.39 is 0 Å². The molecule has 0 heterocycles. The minimum absolute atomic E-state index is 0.101. The number of amides is 1. The maximum Gasteiger partial charge on any atom is 0.251 e. The van der Waals surface area contributed by atoms with Gasteiger partial charge in [-0.25, -0.2) is 4.39 Å². The summed E-state index contributed by atoms with van der Waals surface area (Å²) in [6.07, 6.45) is 0.543. The van der Waals surface area contributed by atoms with Gasteiger partial charge in [0, 0.05) is 17.0 Å². The van der Waals surface area contributed by atoms with Gasteiger partial charge in [0.05, 0.1) is 12.1 Å². The van der Waals surface area contributed by atoms with Crippen LogP contribution in [-0.4, -0.2) is 12.5 Å². The molecule has 0 aliphatic carbocycles. The molecule has 0 saturated carbocycles. The normalized spacial score (nSPS) is 10.3. The fraction of sp³-hybridized carbons (Fsp3) is 0.133. The van der Waals surface area contributed by atoms with Crippen molar-refractivity contribution in [1.29, 1.82) is 0 Å². The Bertz CT molecular complexity index is 604. The highest BCUT2D eigenvalue weighted by molar-refractivity contribution is 7.94. The molecule has 2 aromatic rings. The fourth-order valence-corrected chi connectivity index (χ4v) is 2.10. The first kappa shape index (κ1) is 14.5. The third-order valence-electron chi connectivity index (χ3n) is 2.77. The first-order valence-corrected chi connectivity index (χ1v) is 6.82. The lowest BCUT2D eigenvalue weighted by molar-refractivity contribution is 0.0954. The van der Waals surface area contributed by atoms with E-state index in [-0.39, 0.29) is 23.9 Å². The molecule has 0 aliphatic rings. The first-order chi connectivity index (χ1) is 9.69. The molecule has 1 amide bonds. The summed E-state index contributed by atoms with van der Waals surface area (Å²) in [7, 11) is 0. The summed E-state index contributed by atoms with van der Waals surface area (Å²) in [6, 6.07) is 12.6. The summed E-state index contributed by atoms with van der Waals surface area (Å²) in [5.74, 6) is -0.557. The molecule has 0 saturated heterocycles. The summed E-state index contributed by atoms with van der Waals surface area (Å²) < 4.78 is 25.4. The van der Waals surface area contributed by atoms with Crippen LogP contribution in [0.25, 0.3) is 0 Å². The molecule has 2 nitrogen and oxygen atoms in total. The Kier molecular flexibility index (Phi) is 5.12. The second kappa shape index (κ2) is 7.05. The van der Waals surface area contributed by atoms with Crippen LogP contribution < -0.4 is 5.32 Å². The van der Waals surface area contributed by atoms with Crippen molar-refractivity contribution in [3.05, 3.63) is 65.5 Å². The zero-order chi connectivity index (χ0) is 14.4. The molecule has 104 valence electrons. The van der Waals surface area contributed by atoms with Crippen molar-refractivity contribution < 1.29 is 13.1 Å². The lowest BCUT2D eigenvalue weighted by Crippen LogP contribution is -2.25. The van der Waals surface area contributed by atoms with Crippen molar-refractivity contribution in [1.82, 2.24) is 5.32 Å². The number of hydrogen-bond acceptors (Lipinski definition) is 2. The molecule has 0 aliphatic heterocycles. The van der Waals surface area contributed by atoms with Crippen LogP contribution >= 0.6 is 12.1 Å². The Morgan fingerprint density at radius 3 is 2.70 bits per heavy atom. The maximum absolute atomic E-state index is 13.0. The SMILES string of the molecule is O=C(NCCc1cccc(F)c1)c1cccc(SF)c1. The van der Waals surface area contributed by atoms with E-state index in [0.717, 1.165) is 5.56 Å². The van der Waals surface area contributed by atoms with E-state index in [1.165, 1.54) is 18.2 Å². The number of nitrogens with one attached hydrogen (secondary N) is 1. The van der Waals surface area contributed by atoms with E-state index in [2.05, 4.69) is 5.32 Å². The third kappa shape index (κ3) is 4.06. The Morgan fingerprint density at radius 1 is 1.15 bits per heavy atom. The smallest absolute Gasteiger partial charge is 0.251 e. The van der Waals surface area contributed by atoms with E-state index in [9.17, 15) is 13.1 Å². The molecule has 2 aromatic carbocycles. The van der Waals surface area contributed by atoms with Gasteiger partial charge in [0.25, 0.3) is 5.91 Å². The molecule has 2 rings (SSSR count). The fourth-order valence-electron chi connectivity index (χ4n) is 1.80. The van der Waals surface area contributed by atoms with Crippen molar-refractivity contribution >= 4 is 18.1 Å². The quantitative estimate of drug-likeness (QED) is 0.909. The minimum atomic E-state index is -0.290. The predicted molar refractivity (Wildman–Crippen MR) is 75.8 cm³/mol. The lowest BCUT2D eigenvalue weighted by atomic mass is 10.1. The average Bonchev–Trinajstić information content (AvgIpc) is 2.47. The van der Waals surface area contributed by atoms with E-state index in [0.29, 0.717) is 23.4 Å². The number of hydrogen-bond donors (Lipinski definition) is 1. The summed E-state index contributed by atoms with van der Waals surface area (Å²) in [5, 5.41) is 2.73. The van der Waals surface area contributed by atoms with Crippen LogP contribution in [-0.2, 0) is 6.42 Å². The molecule has 0 radical (unpaired) electrons. The molecule has 0 bridgehead atoms. The second-order valence-electron chi connectivity index (χ2n) is 4.24. The van der Waals surface area contributed by atoms with Crippen LogP contribution in [0.3, 0.4) is 0 Å². The molecule has 1 N–H and O–H groups in total.